The minimum atomic E-state index is -0.992. The molecule has 0 aromatic carbocycles. The number of carbonyl (C=O) groups is 1. The number of aliphatic hydroxyl groups excluding tert-OH is 1. The second-order valence-corrected chi connectivity index (χ2v) is 2.46. The predicted molar refractivity (Wildman–Crippen MR) is 36.5 cm³/mol. The van der Waals surface area contributed by atoms with Crippen molar-refractivity contribution in [3.8, 4) is 0 Å². The van der Waals surface area contributed by atoms with Crippen LogP contribution >= 0.6 is 0 Å². The molecule has 0 aliphatic carbocycles. The molecule has 0 heterocycles. The summed E-state index contributed by atoms with van der Waals surface area (Å²) in [6, 6.07) is -0.144. The van der Waals surface area contributed by atoms with Gasteiger partial charge in [-0.1, -0.05) is 0 Å². The Hall–Kier alpha value is -0.610. The number of rotatable bonds is 4. The van der Waals surface area contributed by atoms with Crippen molar-refractivity contribution in [2.75, 3.05) is 0 Å². The van der Waals surface area contributed by atoms with Gasteiger partial charge in [0.25, 0.3) is 0 Å². The van der Waals surface area contributed by atoms with E-state index in [2.05, 4.69) is 0 Å². The molecule has 0 bridgehead atoms. The van der Waals surface area contributed by atoms with Crippen LogP contribution in [0.1, 0.15) is 19.8 Å². The fourth-order valence-electron chi connectivity index (χ4n) is 0.714. The fourth-order valence-corrected chi connectivity index (χ4v) is 0.714. The van der Waals surface area contributed by atoms with Crippen molar-refractivity contribution >= 4 is 5.97 Å². The van der Waals surface area contributed by atoms with Crippen LogP contribution in [0.25, 0.3) is 0 Å². The highest BCUT2D eigenvalue weighted by molar-refractivity contribution is 5.67. The number of nitrogens with two attached hydrogens (primary N) is 1. The highest BCUT2D eigenvalue weighted by atomic mass is 16.4. The smallest absolute Gasteiger partial charge is 0.305 e. The van der Waals surface area contributed by atoms with Crippen molar-refractivity contribution in [3.63, 3.8) is 0 Å². The van der Waals surface area contributed by atoms with Crippen LogP contribution < -0.4 is 5.73 Å². The fraction of sp³-hybridized carbons (Fsp3) is 0.833. The van der Waals surface area contributed by atoms with Gasteiger partial charge in [0.2, 0.25) is 0 Å². The van der Waals surface area contributed by atoms with Crippen LogP contribution in [0.4, 0.5) is 0 Å². The zero-order valence-electron chi connectivity index (χ0n) is 5.95. The molecule has 4 N–H and O–H groups in total. The van der Waals surface area contributed by atoms with Gasteiger partial charge in [0.1, 0.15) is 0 Å². The Morgan fingerprint density at radius 1 is 1.70 bits per heavy atom. The van der Waals surface area contributed by atoms with Crippen molar-refractivity contribution in [1.29, 1.82) is 0 Å². The van der Waals surface area contributed by atoms with E-state index in [1.54, 1.807) is 6.92 Å². The first-order valence-corrected chi connectivity index (χ1v) is 3.17. The topological polar surface area (TPSA) is 83.5 Å². The van der Waals surface area contributed by atoms with E-state index in [-0.39, 0.29) is 12.5 Å². The Kier molecular flexibility index (Phi) is 3.99. The summed E-state index contributed by atoms with van der Waals surface area (Å²) < 4.78 is 0. The number of hydrogen-bond acceptors (Lipinski definition) is 3. The molecule has 0 aromatic heterocycles. The molecule has 2 atom stereocenters. The summed E-state index contributed by atoms with van der Waals surface area (Å²) in [6.45, 7) is 1.73. The largest absolute Gasteiger partial charge is 0.481 e. The molecule has 4 nitrogen and oxygen atoms in total. The SMILES string of the molecule is C[C@@H](N)C[C@@H](O)CC(=O)O. The Morgan fingerprint density at radius 3 is 2.50 bits per heavy atom. The van der Waals surface area contributed by atoms with Crippen LogP contribution in [0.15, 0.2) is 0 Å². The molecule has 0 aliphatic heterocycles. The molecule has 0 fully saturated rings. The van der Waals surface area contributed by atoms with Gasteiger partial charge < -0.3 is 15.9 Å². The summed E-state index contributed by atoms with van der Waals surface area (Å²) in [5.41, 5.74) is 5.32. The van der Waals surface area contributed by atoms with Crippen LogP contribution in [-0.2, 0) is 4.79 Å². The van der Waals surface area contributed by atoms with Crippen LogP contribution in [0, 0.1) is 0 Å². The van der Waals surface area contributed by atoms with Gasteiger partial charge in [-0.25, -0.2) is 0 Å². The van der Waals surface area contributed by atoms with Crippen molar-refractivity contribution in [2.24, 2.45) is 5.73 Å². The van der Waals surface area contributed by atoms with E-state index in [0.717, 1.165) is 0 Å². The standard InChI is InChI=1S/C6H13NO3/c1-4(7)2-5(8)3-6(9)10/h4-5,8H,2-3,7H2,1H3,(H,9,10)/t4-,5-/m1/s1. The third kappa shape index (κ3) is 5.53. The van der Waals surface area contributed by atoms with Crippen molar-refractivity contribution in [3.05, 3.63) is 0 Å². The number of hydrogen-bond donors (Lipinski definition) is 3. The minimum absolute atomic E-state index is 0.144. The first-order valence-electron chi connectivity index (χ1n) is 3.17. The van der Waals surface area contributed by atoms with Gasteiger partial charge in [-0.2, -0.15) is 0 Å². The van der Waals surface area contributed by atoms with Gasteiger partial charge >= 0.3 is 5.97 Å². The van der Waals surface area contributed by atoms with Crippen molar-refractivity contribution in [2.45, 2.75) is 31.9 Å². The Morgan fingerprint density at radius 2 is 2.20 bits per heavy atom. The number of carboxylic acids is 1. The van der Waals surface area contributed by atoms with Crippen molar-refractivity contribution < 1.29 is 15.0 Å². The summed E-state index contributed by atoms with van der Waals surface area (Å²) in [4.78, 5) is 9.99. The van der Waals surface area contributed by atoms with Gasteiger partial charge in [-0.3, -0.25) is 4.79 Å². The molecule has 0 radical (unpaired) electrons. The molecule has 0 aromatic rings. The molecule has 0 saturated heterocycles. The second-order valence-electron chi connectivity index (χ2n) is 2.46. The molecule has 0 spiro atoms. The molecular weight excluding hydrogens is 134 g/mol. The van der Waals surface area contributed by atoms with E-state index >= 15 is 0 Å². The van der Waals surface area contributed by atoms with Crippen LogP contribution in [0.3, 0.4) is 0 Å². The average Bonchev–Trinajstić information content (AvgIpc) is 1.58. The van der Waals surface area contributed by atoms with E-state index in [4.69, 9.17) is 15.9 Å². The first kappa shape index (κ1) is 9.39. The maximum Gasteiger partial charge on any atom is 0.305 e. The zero-order valence-corrected chi connectivity index (χ0v) is 5.95. The van der Waals surface area contributed by atoms with Gasteiger partial charge in [0.15, 0.2) is 0 Å². The van der Waals surface area contributed by atoms with Crippen LogP contribution in [0.5, 0.6) is 0 Å². The molecule has 0 rings (SSSR count). The number of aliphatic hydroxyl groups is 1. The molecular formula is C6H13NO3. The highest BCUT2D eigenvalue weighted by Crippen LogP contribution is 1.99. The maximum absolute atomic E-state index is 9.99. The summed E-state index contributed by atoms with van der Waals surface area (Å²) in [7, 11) is 0. The lowest BCUT2D eigenvalue weighted by atomic mass is 10.1. The Balaban J connectivity index is 3.43. The predicted octanol–water partition coefficient (Wildman–Crippen LogP) is -0.441. The minimum Gasteiger partial charge on any atom is -0.481 e. The Bertz CT molecular complexity index is 114. The summed E-state index contributed by atoms with van der Waals surface area (Å²) in [5.74, 6) is -0.992. The van der Waals surface area contributed by atoms with Gasteiger partial charge in [0.05, 0.1) is 12.5 Å². The van der Waals surface area contributed by atoms with Crippen LogP contribution in [-0.4, -0.2) is 28.3 Å². The summed E-state index contributed by atoms with van der Waals surface area (Å²) >= 11 is 0. The van der Waals surface area contributed by atoms with E-state index in [1.165, 1.54) is 0 Å². The quantitative estimate of drug-likeness (QED) is 0.503. The average molecular weight is 147 g/mol. The van der Waals surface area contributed by atoms with E-state index in [9.17, 15) is 4.79 Å². The number of aliphatic carboxylic acids is 1. The summed E-state index contributed by atoms with van der Waals surface area (Å²) in [5, 5.41) is 17.1. The molecule has 0 saturated carbocycles. The lowest BCUT2D eigenvalue weighted by Crippen LogP contribution is -2.24. The van der Waals surface area contributed by atoms with Gasteiger partial charge in [0, 0.05) is 6.04 Å². The second kappa shape index (κ2) is 4.24. The van der Waals surface area contributed by atoms with Gasteiger partial charge in [-0.15, -0.1) is 0 Å². The molecule has 60 valence electrons. The molecule has 0 amide bonds. The first-order chi connectivity index (χ1) is 4.52. The molecule has 0 unspecified atom stereocenters. The van der Waals surface area contributed by atoms with E-state index in [0.29, 0.717) is 6.42 Å². The summed E-state index contributed by atoms with van der Waals surface area (Å²) in [6.07, 6.45) is -0.689. The van der Waals surface area contributed by atoms with Gasteiger partial charge in [-0.05, 0) is 13.3 Å². The molecule has 4 heteroatoms. The zero-order chi connectivity index (χ0) is 8.15. The monoisotopic (exact) mass is 147 g/mol. The lowest BCUT2D eigenvalue weighted by Gasteiger charge is -2.09. The van der Waals surface area contributed by atoms with Crippen LogP contribution in [0.2, 0.25) is 0 Å². The molecule has 10 heavy (non-hydrogen) atoms. The Labute approximate surface area is 59.7 Å². The third-order valence-corrected chi connectivity index (χ3v) is 1.05. The number of carboxylic acid groups (broad SMARTS) is 1. The molecule has 0 aliphatic rings. The lowest BCUT2D eigenvalue weighted by molar-refractivity contribution is -0.139. The maximum atomic E-state index is 9.99. The normalized spacial score (nSPS) is 16.3. The van der Waals surface area contributed by atoms with E-state index in [1.807, 2.05) is 0 Å². The van der Waals surface area contributed by atoms with Crippen molar-refractivity contribution in [1.82, 2.24) is 0 Å². The third-order valence-electron chi connectivity index (χ3n) is 1.05. The highest BCUT2D eigenvalue weighted by Gasteiger charge is 2.10. The van der Waals surface area contributed by atoms with E-state index < -0.39 is 12.1 Å².